The van der Waals surface area contributed by atoms with E-state index in [4.69, 9.17) is 23.2 Å². The molecule has 0 saturated carbocycles. The summed E-state index contributed by atoms with van der Waals surface area (Å²) in [5.41, 5.74) is 2.37. The van der Waals surface area contributed by atoms with Crippen LogP contribution in [0.3, 0.4) is 0 Å². The molecule has 0 saturated heterocycles. The summed E-state index contributed by atoms with van der Waals surface area (Å²) in [6.45, 7) is -0.0452. The van der Waals surface area contributed by atoms with Crippen LogP contribution in [-0.4, -0.2) is 71.3 Å². The first-order chi connectivity index (χ1) is 20.6. The van der Waals surface area contributed by atoms with Gasteiger partial charge in [0.05, 0.1) is 28.7 Å². The fourth-order valence-corrected chi connectivity index (χ4v) is 5.00. The van der Waals surface area contributed by atoms with Crippen molar-refractivity contribution in [3.05, 3.63) is 87.7 Å². The van der Waals surface area contributed by atoms with Gasteiger partial charge in [0.1, 0.15) is 18.0 Å². The highest BCUT2D eigenvalue weighted by molar-refractivity contribution is 6.40. The molecule has 3 aromatic rings. The largest absolute Gasteiger partial charge is 0.480 e. The average Bonchev–Trinajstić information content (AvgIpc) is 2.99. The molecule has 13 heteroatoms. The maximum atomic E-state index is 13.3. The quantitative estimate of drug-likeness (QED) is 0.238. The zero-order valence-electron chi connectivity index (χ0n) is 22.8. The van der Waals surface area contributed by atoms with Crippen molar-refractivity contribution < 1.29 is 28.7 Å². The molecule has 10 nitrogen and oxygen atoms in total. The average molecular weight is 628 g/mol. The third-order valence-electron chi connectivity index (χ3n) is 6.59. The third kappa shape index (κ3) is 8.82. The van der Waals surface area contributed by atoms with E-state index in [0.29, 0.717) is 23.4 Å². The topological polar surface area (TPSA) is 150 Å². The van der Waals surface area contributed by atoms with Crippen molar-refractivity contribution in [2.24, 2.45) is 4.99 Å². The molecule has 0 spiro atoms. The van der Waals surface area contributed by atoms with Crippen molar-refractivity contribution in [2.75, 3.05) is 19.6 Å². The van der Waals surface area contributed by atoms with Gasteiger partial charge in [-0.05, 0) is 47.9 Å². The number of amidine groups is 1. The lowest BCUT2D eigenvalue weighted by molar-refractivity contribution is -0.139. The maximum absolute atomic E-state index is 13.3. The van der Waals surface area contributed by atoms with Crippen molar-refractivity contribution in [2.45, 2.75) is 31.5 Å². The molecular weight excluding hydrogens is 600 g/mol. The summed E-state index contributed by atoms with van der Waals surface area (Å²) in [6, 6.07) is 11.9. The molecule has 1 aliphatic rings. The van der Waals surface area contributed by atoms with Gasteiger partial charge in [0.15, 0.2) is 5.78 Å². The smallest absolute Gasteiger partial charge is 0.326 e. The Morgan fingerprint density at radius 3 is 2.47 bits per heavy atom. The number of halogens is 3. The second kappa shape index (κ2) is 14.7. The van der Waals surface area contributed by atoms with Gasteiger partial charge in [-0.25, -0.2) is 9.18 Å². The van der Waals surface area contributed by atoms with Crippen LogP contribution in [0.5, 0.6) is 0 Å². The number of aliphatic imine (C=N–C) groups is 1. The molecule has 0 radical (unpaired) electrons. The molecule has 2 heterocycles. The van der Waals surface area contributed by atoms with E-state index in [1.54, 1.807) is 42.7 Å². The van der Waals surface area contributed by atoms with Crippen LogP contribution in [0.1, 0.15) is 39.1 Å². The van der Waals surface area contributed by atoms with Crippen LogP contribution in [0.2, 0.25) is 10.0 Å². The number of aliphatic carboxylic acids is 1. The second-order valence-corrected chi connectivity index (χ2v) is 10.6. The standard InChI is InChI=1S/C30H28Cl2FN5O5/c31-23-11-20(19-5-2-8-34-13-19)12-24(32)27(23)29(41)38-25(30(42)43)7-6-22(39)16-37-28(40)18-4-1-3-17(9-18)10-26-35-14-21(33)15-36-26/h1-5,8-9,11-13,21,25H,6-7,10,14-16H2,(H,35,36)(H,37,40)(H,38,41)(H,42,43)/t25-/m0/s1. The Kier molecular flexibility index (Phi) is 10.8. The minimum atomic E-state index is -1.40. The van der Waals surface area contributed by atoms with Crippen molar-refractivity contribution in [3.8, 4) is 11.1 Å². The number of carbonyl (C=O) groups excluding carboxylic acids is 3. The summed E-state index contributed by atoms with van der Waals surface area (Å²) in [7, 11) is 0. The number of hydrogen-bond donors (Lipinski definition) is 4. The molecule has 4 rings (SSSR count). The normalized spacial score (nSPS) is 15.0. The Morgan fingerprint density at radius 2 is 1.81 bits per heavy atom. The first-order valence-electron chi connectivity index (χ1n) is 13.3. The number of rotatable bonds is 12. The van der Waals surface area contributed by atoms with Crippen LogP contribution in [-0.2, 0) is 16.0 Å². The second-order valence-electron chi connectivity index (χ2n) is 9.82. The van der Waals surface area contributed by atoms with Gasteiger partial charge in [0.2, 0.25) is 0 Å². The van der Waals surface area contributed by atoms with Gasteiger partial charge < -0.3 is 21.1 Å². The number of Topliss-reactive ketones (excluding diaryl/α,β-unsaturated/α-hetero) is 1. The molecule has 1 unspecified atom stereocenters. The number of nitrogens with zero attached hydrogens (tertiary/aromatic N) is 2. The van der Waals surface area contributed by atoms with E-state index in [9.17, 15) is 28.7 Å². The number of alkyl halides is 1. The number of hydrogen-bond acceptors (Lipinski definition) is 7. The Bertz CT molecular complexity index is 1530. The van der Waals surface area contributed by atoms with E-state index < -0.39 is 35.8 Å². The monoisotopic (exact) mass is 627 g/mol. The Hall–Kier alpha value is -4.35. The van der Waals surface area contributed by atoms with Gasteiger partial charge in [0, 0.05) is 42.9 Å². The van der Waals surface area contributed by atoms with Gasteiger partial charge in [-0.1, -0.05) is 41.4 Å². The summed E-state index contributed by atoms with van der Waals surface area (Å²) >= 11 is 12.7. The number of aromatic nitrogens is 1. The maximum Gasteiger partial charge on any atom is 0.326 e. The summed E-state index contributed by atoms with van der Waals surface area (Å²) in [6.07, 6.45) is 2.15. The lowest BCUT2D eigenvalue weighted by atomic mass is 10.0. The highest BCUT2D eigenvalue weighted by Gasteiger charge is 2.25. The van der Waals surface area contributed by atoms with Crippen molar-refractivity contribution in [1.29, 1.82) is 0 Å². The molecule has 2 aromatic carbocycles. The molecule has 2 atom stereocenters. The summed E-state index contributed by atoms with van der Waals surface area (Å²) in [4.78, 5) is 58.0. The van der Waals surface area contributed by atoms with Crippen molar-refractivity contribution >= 4 is 52.6 Å². The lowest BCUT2D eigenvalue weighted by Gasteiger charge is -2.17. The Labute approximate surface area is 256 Å². The number of ketones is 1. The van der Waals surface area contributed by atoms with Gasteiger partial charge in [0.25, 0.3) is 11.8 Å². The zero-order valence-corrected chi connectivity index (χ0v) is 24.3. The van der Waals surface area contributed by atoms with Crippen LogP contribution in [0.4, 0.5) is 4.39 Å². The van der Waals surface area contributed by atoms with Crippen LogP contribution >= 0.6 is 23.2 Å². The van der Waals surface area contributed by atoms with Crippen molar-refractivity contribution in [1.82, 2.24) is 20.9 Å². The van der Waals surface area contributed by atoms with Gasteiger partial charge in [-0.15, -0.1) is 0 Å². The SMILES string of the molecule is O=C(CC[C@H](NC(=O)c1c(Cl)cc(-c2cccnc2)cc1Cl)C(=O)O)CNC(=O)c1cccc(CC2=NCC(F)CN2)c1. The fourth-order valence-electron chi connectivity index (χ4n) is 4.35. The number of amides is 2. The van der Waals surface area contributed by atoms with Gasteiger partial charge in [-0.2, -0.15) is 0 Å². The van der Waals surface area contributed by atoms with Crippen LogP contribution in [0, 0.1) is 0 Å². The molecular formula is C30H28Cl2FN5O5. The molecule has 0 bridgehead atoms. The Balaban J connectivity index is 1.29. The summed E-state index contributed by atoms with van der Waals surface area (Å²) in [5.74, 6) is -2.43. The molecule has 1 aliphatic heterocycles. The van der Waals surface area contributed by atoms with Gasteiger partial charge in [-0.3, -0.25) is 24.4 Å². The minimum Gasteiger partial charge on any atom is -0.480 e. The minimum absolute atomic E-state index is 0.0206. The highest BCUT2D eigenvalue weighted by Crippen LogP contribution is 2.31. The van der Waals surface area contributed by atoms with E-state index in [1.807, 2.05) is 6.07 Å². The summed E-state index contributed by atoms with van der Waals surface area (Å²) < 4.78 is 13.3. The molecule has 224 valence electrons. The van der Waals surface area contributed by atoms with E-state index in [1.165, 1.54) is 12.1 Å². The molecule has 0 aliphatic carbocycles. The van der Waals surface area contributed by atoms with E-state index >= 15 is 0 Å². The predicted octanol–water partition coefficient (Wildman–Crippen LogP) is 3.90. The van der Waals surface area contributed by atoms with E-state index in [2.05, 4.69) is 25.9 Å². The number of nitrogens with one attached hydrogen (secondary N) is 3. The number of carboxylic acids is 1. The predicted molar refractivity (Wildman–Crippen MR) is 161 cm³/mol. The van der Waals surface area contributed by atoms with Crippen LogP contribution in [0.25, 0.3) is 11.1 Å². The molecule has 4 N–H and O–H groups in total. The highest BCUT2D eigenvalue weighted by atomic mass is 35.5. The first-order valence-corrected chi connectivity index (χ1v) is 14.1. The number of carboxylic acid groups (broad SMARTS) is 1. The van der Waals surface area contributed by atoms with E-state index in [0.717, 1.165) is 11.1 Å². The first kappa shape index (κ1) is 31.6. The number of pyridine rings is 1. The number of benzene rings is 2. The van der Waals surface area contributed by atoms with Crippen LogP contribution in [0.15, 0.2) is 65.9 Å². The fraction of sp³-hybridized carbons (Fsp3) is 0.267. The molecule has 0 fully saturated rings. The zero-order chi connectivity index (χ0) is 30.9. The van der Waals surface area contributed by atoms with E-state index in [-0.39, 0.29) is 48.1 Å². The van der Waals surface area contributed by atoms with Crippen LogP contribution < -0.4 is 16.0 Å². The molecule has 43 heavy (non-hydrogen) atoms. The lowest BCUT2D eigenvalue weighted by Crippen LogP contribution is -2.41. The molecule has 1 aromatic heterocycles. The van der Waals surface area contributed by atoms with Crippen molar-refractivity contribution in [3.63, 3.8) is 0 Å². The summed E-state index contributed by atoms with van der Waals surface area (Å²) in [5, 5.41) is 17.5. The number of carbonyl (C=O) groups is 4. The molecule has 2 amide bonds. The Morgan fingerprint density at radius 1 is 1.05 bits per heavy atom. The van der Waals surface area contributed by atoms with Gasteiger partial charge >= 0.3 is 5.97 Å². The third-order valence-corrected chi connectivity index (χ3v) is 7.19.